The lowest BCUT2D eigenvalue weighted by molar-refractivity contribution is 0.670. The molecule has 5 heteroatoms. The molecule has 3 aromatic heterocycles. The molecule has 0 amide bonds. The molecule has 0 fully saturated rings. The first-order chi connectivity index (χ1) is 26.8. The molecule has 0 saturated heterocycles. The fourth-order valence-electron chi connectivity index (χ4n) is 7.83. The zero-order chi connectivity index (χ0) is 35.6. The average molecular weight is 692 g/mol. The van der Waals surface area contributed by atoms with Gasteiger partial charge in [0.15, 0.2) is 17.5 Å². The highest BCUT2D eigenvalue weighted by atomic mass is 16.3. The molecule has 0 radical (unpaired) electrons. The summed E-state index contributed by atoms with van der Waals surface area (Å²) in [6, 6.07) is 60.3. The van der Waals surface area contributed by atoms with Crippen LogP contribution in [0.5, 0.6) is 0 Å². The van der Waals surface area contributed by atoms with Crippen LogP contribution in [0.3, 0.4) is 0 Å². The van der Waals surface area contributed by atoms with E-state index in [-0.39, 0.29) is 0 Å². The Balaban J connectivity index is 1.13. The van der Waals surface area contributed by atoms with Crippen molar-refractivity contribution in [2.24, 2.45) is 0 Å². The Labute approximate surface area is 309 Å². The van der Waals surface area contributed by atoms with Crippen molar-refractivity contribution in [3.05, 3.63) is 176 Å². The van der Waals surface area contributed by atoms with Crippen LogP contribution in [-0.4, -0.2) is 15.0 Å². The van der Waals surface area contributed by atoms with E-state index < -0.39 is 0 Å². The first-order valence-electron chi connectivity index (χ1n) is 18.0. The maximum absolute atomic E-state index is 6.74. The number of fused-ring (bicyclic) bond motifs is 8. The van der Waals surface area contributed by atoms with E-state index in [2.05, 4.69) is 103 Å². The van der Waals surface area contributed by atoms with E-state index in [1.807, 2.05) is 72.8 Å². The fourth-order valence-corrected chi connectivity index (χ4v) is 7.83. The second-order valence-electron chi connectivity index (χ2n) is 13.5. The molecule has 0 aliphatic carbocycles. The van der Waals surface area contributed by atoms with Crippen molar-refractivity contribution in [1.29, 1.82) is 0 Å². The number of rotatable bonds is 5. The first-order valence-corrected chi connectivity index (χ1v) is 18.0. The summed E-state index contributed by atoms with van der Waals surface area (Å²) in [5.41, 5.74) is 10.5. The summed E-state index contributed by atoms with van der Waals surface area (Å²) in [6.07, 6.45) is 0. The molecule has 0 saturated carbocycles. The Bertz CT molecular complexity index is 3160. The summed E-state index contributed by atoms with van der Waals surface area (Å²) in [5.74, 6) is 1.88. The van der Waals surface area contributed by atoms with Gasteiger partial charge in [0.2, 0.25) is 0 Å². The van der Waals surface area contributed by atoms with Crippen LogP contribution >= 0.6 is 0 Å². The highest BCUT2D eigenvalue weighted by molar-refractivity contribution is 6.23. The van der Waals surface area contributed by atoms with Crippen LogP contribution in [0.4, 0.5) is 0 Å². The van der Waals surface area contributed by atoms with Crippen molar-refractivity contribution in [3.63, 3.8) is 0 Å². The van der Waals surface area contributed by atoms with Crippen LogP contribution < -0.4 is 0 Å². The van der Waals surface area contributed by atoms with Gasteiger partial charge < -0.3 is 8.83 Å². The fraction of sp³-hybridized carbons (Fsp3) is 0. The molecular formula is C49H29N3O2. The predicted octanol–water partition coefficient (Wildman–Crippen LogP) is 13.2. The molecule has 8 aromatic carbocycles. The van der Waals surface area contributed by atoms with Crippen molar-refractivity contribution < 1.29 is 8.83 Å². The van der Waals surface area contributed by atoms with Gasteiger partial charge in [-0.2, -0.15) is 0 Å². The zero-order valence-electron chi connectivity index (χ0n) is 28.9. The van der Waals surface area contributed by atoms with E-state index in [0.29, 0.717) is 17.5 Å². The van der Waals surface area contributed by atoms with E-state index in [4.69, 9.17) is 23.8 Å². The minimum Gasteiger partial charge on any atom is -0.455 e. The van der Waals surface area contributed by atoms with Crippen molar-refractivity contribution in [1.82, 2.24) is 15.0 Å². The molecule has 0 atom stereocenters. The molecule has 11 rings (SSSR count). The van der Waals surface area contributed by atoms with Crippen LogP contribution in [0.2, 0.25) is 0 Å². The summed E-state index contributed by atoms with van der Waals surface area (Å²) in [6.45, 7) is 0. The van der Waals surface area contributed by atoms with Gasteiger partial charge in [-0.15, -0.1) is 0 Å². The van der Waals surface area contributed by atoms with E-state index in [1.165, 1.54) is 0 Å². The van der Waals surface area contributed by atoms with Crippen molar-refractivity contribution in [2.45, 2.75) is 0 Å². The SMILES string of the molecule is c1ccc(-c2nc(-c3ccccc3)nc(-c3cccc(-c4cc5c(oc6cccc(-c7cccc8c7oc7ccccc78)c65)c5ccccc45)c3)n2)cc1. The van der Waals surface area contributed by atoms with Crippen LogP contribution in [0.15, 0.2) is 185 Å². The lowest BCUT2D eigenvalue weighted by Gasteiger charge is -2.12. The number of hydrogen-bond donors (Lipinski definition) is 0. The number of nitrogens with zero attached hydrogens (tertiary/aromatic N) is 3. The minimum atomic E-state index is 0.616. The number of aromatic nitrogens is 3. The Kier molecular flexibility index (Phi) is 6.79. The molecule has 0 N–H and O–H groups in total. The quantitative estimate of drug-likeness (QED) is 0.180. The van der Waals surface area contributed by atoms with Crippen LogP contribution in [0.25, 0.3) is 111 Å². The number of benzene rings is 8. The molecule has 54 heavy (non-hydrogen) atoms. The summed E-state index contributed by atoms with van der Waals surface area (Å²) < 4.78 is 13.3. The Hall–Kier alpha value is -7.37. The number of para-hydroxylation sites is 2. The van der Waals surface area contributed by atoms with Crippen LogP contribution in [0, 0.1) is 0 Å². The van der Waals surface area contributed by atoms with Crippen LogP contribution in [0.1, 0.15) is 0 Å². The zero-order valence-corrected chi connectivity index (χ0v) is 28.9. The summed E-state index contributed by atoms with van der Waals surface area (Å²) in [4.78, 5) is 14.9. The number of hydrogen-bond acceptors (Lipinski definition) is 5. The largest absolute Gasteiger partial charge is 0.455 e. The van der Waals surface area contributed by atoms with Gasteiger partial charge in [0.1, 0.15) is 22.3 Å². The highest BCUT2D eigenvalue weighted by Gasteiger charge is 2.21. The Morgan fingerprint density at radius 1 is 0.296 bits per heavy atom. The van der Waals surface area contributed by atoms with Gasteiger partial charge in [-0.3, -0.25) is 0 Å². The maximum Gasteiger partial charge on any atom is 0.164 e. The average Bonchev–Trinajstić information content (AvgIpc) is 3.83. The van der Waals surface area contributed by atoms with Gasteiger partial charge in [0.05, 0.1) is 0 Å². The van der Waals surface area contributed by atoms with E-state index in [9.17, 15) is 0 Å². The minimum absolute atomic E-state index is 0.616. The molecule has 0 unspecified atom stereocenters. The maximum atomic E-state index is 6.74. The third kappa shape index (κ3) is 4.83. The lowest BCUT2D eigenvalue weighted by atomic mass is 9.92. The van der Waals surface area contributed by atoms with Gasteiger partial charge in [-0.05, 0) is 46.3 Å². The van der Waals surface area contributed by atoms with E-state index in [1.54, 1.807) is 0 Å². The molecule has 0 bridgehead atoms. The van der Waals surface area contributed by atoms with Gasteiger partial charge in [-0.1, -0.05) is 152 Å². The van der Waals surface area contributed by atoms with Gasteiger partial charge >= 0.3 is 0 Å². The molecule has 0 spiro atoms. The van der Waals surface area contributed by atoms with Gasteiger partial charge in [-0.25, -0.2) is 15.0 Å². The highest BCUT2D eigenvalue weighted by Crippen LogP contribution is 2.45. The summed E-state index contributed by atoms with van der Waals surface area (Å²) >= 11 is 0. The smallest absolute Gasteiger partial charge is 0.164 e. The van der Waals surface area contributed by atoms with E-state index >= 15 is 0 Å². The number of furan rings is 2. The molecular weight excluding hydrogens is 663 g/mol. The molecule has 0 aliphatic rings. The molecule has 0 aliphatic heterocycles. The van der Waals surface area contributed by atoms with Crippen molar-refractivity contribution >= 4 is 54.6 Å². The normalized spacial score (nSPS) is 11.7. The van der Waals surface area contributed by atoms with Gasteiger partial charge in [0, 0.05) is 49.2 Å². The van der Waals surface area contributed by atoms with Crippen LogP contribution in [-0.2, 0) is 0 Å². The van der Waals surface area contributed by atoms with Crippen molar-refractivity contribution in [3.8, 4) is 56.4 Å². The topological polar surface area (TPSA) is 65.0 Å². The monoisotopic (exact) mass is 691 g/mol. The third-order valence-electron chi connectivity index (χ3n) is 10.3. The first kappa shape index (κ1) is 30.3. The second kappa shape index (κ2) is 12.1. The predicted molar refractivity (Wildman–Crippen MR) is 219 cm³/mol. The third-order valence-corrected chi connectivity index (χ3v) is 10.3. The Morgan fingerprint density at radius 3 is 1.56 bits per heavy atom. The molecule has 252 valence electrons. The summed E-state index contributed by atoms with van der Waals surface area (Å²) in [7, 11) is 0. The molecule has 11 aromatic rings. The Morgan fingerprint density at radius 2 is 0.796 bits per heavy atom. The standard InChI is InChI=1S/C49H29N3O2/c1-3-14-30(15-4-1)47-50-48(31-16-5-2-6-17-31)52-49(51-47)33-19-11-18-32(28-33)40-29-41-44-36(23-13-27-43(44)54-46(41)37-22-8-7-20-34(37)40)39-25-12-24-38-35-21-9-10-26-42(35)53-45(38)39/h1-29H. The van der Waals surface area contributed by atoms with E-state index in [0.717, 1.165) is 93.6 Å². The molecule has 5 nitrogen and oxygen atoms in total. The van der Waals surface area contributed by atoms with Crippen molar-refractivity contribution in [2.75, 3.05) is 0 Å². The van der Waals surface area contributed by atoms with Gasteiger partial charge in [0.25, 0.3) is 0 Å². The summed E-state index contributed by atoms with van der Waals surface area (Å²) in [5, 5.41) is 6.47. The lowest BCUT2D eigenvalue weighted by Crippen LogP contribution is -2.00. The second-order valence-corrected chi connectivity index (χ2v) is 13.5. The molecule has 3 heterocycles.